The average Bonchev–Trinajstić information content (AvgIpc) is 3.73. The molecule has 61 heavy (non-hydrogen) atoms. The molecule has 0 spiro atoms. The molecule has 2 amide bonds. The molecular formula is C44H55F3N8O6. The number of aryl methyl sites for hydroxylation is 2. The number of benzene rings is 2. The van der Waals surface area contributed by atoms with Crippen molar-refractivity contribution in [2.75, 3.05) is 44.8 Å². The maximum absolute atomic E-state index is 13.2. The molecule has 4 heterocycles. The van der Waals surface area contributed by atoms with E-state index in [1.165, 1.54) is 4.57 Å². The minimum atomic E-state index is -4.27. The first kappa shape index (κ1) is 44.0. The number of carbonyl (C=O) groups excluding carboxylic acids is 2. The van der Waals surface area contributed by atoms with E-state index in [4.69, 9.17) is 9.47 Å². The van der Waals surface area contributed by atoms with Crippen LogP contribution in [0.3, 0.4) is 0 Å². The summed E-state index contributed by atoms with van der Waals surface area (Å²) in [5, 5.41) is 19.5. The zero-order valence-electron chi connectivity index (χ0n) is 34.5. The Morgan fingerprint density at radius 3 is 2.39 bits per heavy atom. The summed E-state index contributed by atoms with van der Waals surface area (Å²) in [5.41, 5.74) is 5.96. The summed E-state index contributed by atoms with van der Waals surface area (Å²) in [6.07, 6.45) is 4.77. The van der Waals surface area contributed by atoms with Crippen LogP contribution in [0.15, 0.2) is 59.7 Å². The number of amides is 2. The van der Waals surface area contributed by atoms with Gasteiger partial charge in [-0.15, -0.1) is 0 Å². The van der Waals surface area contributed by atoms with Gasteiger partial charge in [0.2, 0.25) is 17.8 Å². The first-order chi connectivity index (χ1) is 29.5. The molecule has 14 nitrogen and oxygen atoms in total. The smallest absolute Gasteiger partial charge is 0.390 e. The van der Waals surface area contributed by atoms with Crippen LogP contribution in [0.5, 0.6) is 0 Å². The van der Waals surface area contributed by atoms with Gasteiger partial charge in [0, 0.05) is 82.4 Å². The van der Waals surface area contributed by atoms with Crippen molar-refractivity contribution in [3.8, 4) is 11.1 Å². The fourth-order valence-corrected chi connectivity index (χ4v) is 8.39. The Bertz CT molecular complexity index is 2330. The zero-order chi connectivity index (χ0) is 42.9. The summed E-state index contributed by atoms with van der Waals surface area (Å²) in [6, 6.07) is 13.4. The number of aliphatic hydroxyl groups is 1. The molecule has 2 aliphatic rings. The van der Waals surface area contributed by atoms with Gasteiger partial charge in [-0.25, -0.2) is 9.78 Å². The van der Waals surface area contributed by atoms with E-state index < -0.39 is 24.5 Å². The number of nitrogens with zero attached hydrogens (tertiary/aromatic N) is 5. The van der Waals surface area contributed by atoms with Gasteiger partial charge in [-0.2, -0.15) is 18.2 Å². The lowest BCUT2D eigenvalue weighted by Crippen LogP contribution is -2.44. The first-order valence-electron chi connectivity index (χ1n) is 21.3. The third-order valence-corrected chi connectivity index (χ3v) is 11.6. The van der Waals surface area contributed by atoms with Gasteiger partial charge in [-0.3, -0.25) is 24.0 Å². The van der Waals surface area contributed by atoms with Crippen LogP contribution in [0.1, 0.15) is 87.4 Å². The summed E-state index contributed by atoms with van der Waals surface area (Å²) in [4.78, 5) is 46.3. The van der Waals surface area contributed by atoms with E-state index in [1.54, 1.807) is 17.8 Å². The number of rotatable bonds is 20. The van der Waals surface area contributed by atoms with E-state index in [1.807, 2.05) is 18.2 Å². The number of carbonyl (C=O) groups is 2. The van der Waals surface area contributed by atoms with Crippen molar-refractivity contribution in [3.05, 3.63) is 76.5 Å². The van der Waals surface area contributed by atoms with Crippen molar-refractivity contribution in [2.45, 2.75) is 102 Å². The molecule has 2 fully saturated rings. The number of hydrogen-bond donors (Lipinski definition) is 4. The fraction of sp³-hybridized carbons (Fsp3) is 0.523. The number of piperidine rings is 1. The number of alkyl halides is 3. The van der Waals surface area contributed by atoms with Gasteiger partial charge >= 0.3 is 11.9 Å². The Morgan fingerprint density at radius 2 is 1.66 bits per heavy atom. The number of aliphatic hydroxyl groups excluding tert-OH is 1. The number of para-hydroxylation sites is 1. The quantitative estimate of drug-likeness (QED) is 0.0531. The van der Waals surface area contributed by atoms with Crippen LogP contribution in [0.2, 0.25) is 0 Å². The Hall–Kier alpha value is -5.10. The topological polar surface area (TPSA) is 167 Å². The van der Waals surface area contributed by atoms with Crippen molar-refractivity contribution in [1.29, 1.82) is 0 Å². The molecule has 1 saturated carbocycles. The van der Waals surface area contributed by atoms with Gasteiger partial charge < -0.3 is 29.8 Å². The molecule has 0 radical (unpaired) electrons. The van der Waals surface area contributed by atoms with Crippen LogP contribution in [0.25, 0.3) is 33.2 Å². The monoisotopic (exact) mass is 848 g/mol. The summed E-state index contributed by atoms with van der Waals surface area (Å²) in [5.74, 6) is -0.598. The Labute approximate surface area is 351 Å². The molecule has 0 unspecified atom stereocenters. The number of nitrogens with one attached hydrogen (secondary N) is 3. The van der Waals surface area contributed by atoms with E-state index in [0.717, 1.165) is 71.8 Å². The molecular weight excluding hydrogens is 794 g/mol. The second-order valence-corrected chi connectivity index (χ2v) is 16.0. The average molecular weight is 849 g/mol. The van der Waals surface area contributed by atoms with Gasteiger partial charge in [0.15, 0.2) is 0 Å². The summed E-state index contributed by atoms with van der Waals surface area (Å²) in [6.45, 7) is 3.60. The number of imidazole rings is 1. The lowest BCUT2D eigenvalue weighted by atomic mass is 9.93. The summed E-state index contributed by atoms with van der Waals surface area (Å²) in [7, 11) is 1.71. The van der Waals surface area contributed by atoms with Crippen LogP contribution >= 0.6 is 0 Å². The molecule has 1 aliphatic heterocycles. The first-order valence-corrected chi connectivity index (χ1v) is 21.3. The molecule has 0 bridgehead atoms. The number of fused-ring (bicyclic) bond motifs is 2. The van der Waals surface area contributed by atoms with Crippen molar-refractivity contribution >= 4 is 39.8 Å². The summed E-state index contributed by atoms with van der Waals surface area (Å²) < 4.78 is 55.1. The lowest BCUT2D eigenvalue weighted by molar-refractivity contribution is -0.136. The standard InChI is InChI=1S/C44H55F3N8O6/c1-53-39-31(6-2-8-36(39)55(43(53)59)37-17-18-38(57)51-41(37)58)7-3-22-60-24-5-25-61-23-4-20-48-26-29-9-11-30(12-10-29)35-28-54(32-13-15-33(56)16-14-32)40-34(35)27-50-42(52-40)49-21-19-44(45,46)47/h2,6,8-12,27-28,32-33,37,48,56H,3-5,7,13-26H2,1H3,(H,49,50,52)(H,51,57,58)/t32?,33?,37-/m0/s1. The highest BCUT2D eigenvalue weighted by molar-refractivity contribution is 6.00. The van der Waals surface area contributed by atoms with Gasteiger partial charge in [0.1, 0.15) is 11.7 Å². The highest BCUT2D eigenvalue weighted by atomic mass is 19.4. The van der Waals surface area contributed by atoms with Crippen LogP contribution in [-0.2, 0) is 39.1 Å². The van der Waals surface area contributed by atoms with E-state index in [-0.39, 0.29) is 42.7 Å². The van der Waals surface area contributed by atoms with E-state index in [2.05, 4.69) is 60.9 Å². The van der Waals surface area contributed by atoms with E-state index in [0.29, 0.717) is 69.8 Å². The molecule has 1 saturated heterocycles. The predicted molar refractivity (Wildman–Crippen MR) is 225 cm³/mol. The number of imide groups is 1. The molecule has 1 atom stereocenters. The Balaban J connectivity index is 0.798. The minimum Gasteiger partial charge on any atom is -0.393 e. The minimum absolute atomic E-state index is 0.124. The number of anilines is 1. The maximum atomic E-state index is 13.2. The van der Waals surface area contributed by atoms with Gasteiger partial charge in [-0.1, -0.05) is 36.4 Å². The third-order valence-electron chi connectivity index (χ3n) is 11.6. The van der Waals surface area contributed by atoms with Gasteiger partial charge in [-0.05, 0) is 87.1 Å². The molecule has 4 N–H and O–H groups in total. The van der Waals surface area contributed by atoms with Crippen LogP contribution in [0, 0.1) is 0 Å². The Kier molecular flexibility index (Phi) is 14.5. The molecule has 1 aliphatic carbocycles. The number of hydrogen-bond acceptors (Lipinski definition) is 10. The zero-order valence-corrected chi connectivity index (χ0v) is 34.5. The van der Waals surface area contributed by atoms with Crippen LogP contribution in [0.4, 0.5) is 19.1 Å². The maximum Gasteiger partial charge on any atom is 0.390 e. The van der Waals surface area contributed by atoms with Crippen molar-refractivity contribution in [1.82, 2.24) is 34.3 Å². The summed E-state index contributed by atoms with van der Waals surface area (Å²) >= 11 is 0. The number of halogens is 3. The van der Waals surface area contributed by atoms with Crippen molar-refractivity contribution in [2.24, 2.45) is 7.05 Å². The Morgan fingerprint density at radius 1 is 0.918 bits per heavy atom. The predicted octanol–water partition coefficient (Wildman–Crippen LogP) is 6.11. The van der Waals surface area contributed by atoms with Gasteiger partial charge in [0.25, 0.3) is 0 Å². The van der Waals surface area contributed by atoms with Crippen molar-refractivity contribution in [3.63, 3.8) is 0 Å². The largest absolute Gasteiger partial charge is 0.393 e. The number of ether oxygens (including phenoxy) is 2. The molecule has 2 aromatic carbocycles. The van der Waals surface area contributed by atoms with E-state index in [9.17, 15) is 32.7 Å². The second kappa shape index (κ2) is 20.2. The van der Waals surface area contributed by atoms with E-state index >= 15 is 0 Å². The van der Waals surface area contributed by atoms with Gasteiger partial charge in [0.05, 0.1) is 23.6 Å². The molecule has 17 heteroatoms. The molecule has 3 aromatic heterocycles. The molecule has 328 valence electrons. The lowest BCUT2D eigenvalue weighted by Gasteiger charge is -2.27. The second-order valence-electron chi connectivity index (χ2n) is 16.0. The third kappa shape index (κ3) is 11.1. The fourth-order valence-electron chi connectivity index (χ4n) is 8.39. The SMILES string of the molecule is Cn1c(=O)n([C@H]2CCC(=O)NC2=O)c2cccc(CCCOCCCOCCCNCc3ccc(-c4cn(C5CCC(O)CC5)c5nc(NCCC(F)(F)F)ncc45)cc3)c21. The molecule has 7 rings (SSSR count). The molecule has 5 aromatic rings. The number of aromatic nitrogens is 5. The van der Waals surface area contributed by atoms with Crippen LogP contribution < -0.4 is 21.6 Å². The van der Waals surface area contributed by atoms with Crippen LogP contribution in [-0.4, -0.2) is 92.4 Å². The highest BCUT2D eigenvalue weighted by Crippen LogP contribution is 2.37. The normalized spacial score (nSPS) is 18.6. The highest BCUT2D eigenvalue weighted by Gasteiger charge is 2.32. The van der Waals surface area contributed by atoms with Crippen molar-refractivity contribution < 1.29 is 37.3 Å².